The molecule has 3 aliphatic carbocycles. The van der Waals surface area contributed by atoms with E-state index in [1.54, 1.807) is 0 Å². The Bertz CT molecular complexity index is 174. The highest BCUT2D eigenvalue weighted by Crippen LogP contribution is 2.63. The maximum Gasteiger partial charge on any atom is 0.0703 e. The molecule has 3 saturated carbocycles. The summed E-state index contributed by atoms with van der Waals surface area (Å²) >= 11 is 0. The molecule has 3 fully saturated rings. The maximum absolute atomic E-state index is 6.02. The van der Waals surface area contributed by atoms with Crippen molar-refractivity contribution in [3.05, 3.63) is 0 Å². The molecular formula is C10H17B. The minimum atomic E-state index is 0.492. The van der Waals surface area contributed by atoms with Gasteiger partial charge in [0.15, 0.2) is 0 Å². The minimum Gasteiger partial charge on any atom is -0.0743 e. The lowest BCUT2D eigenvalue weighted by atomic mass is 9.41. The molecule has 0 aliphatic heterocycles. The van der Waals surface area contributed by atoms with Crippen molar-refractivity contribution >= 4 is 7.85 Å². The number of hydrogen-bond donors (Lipinski definition) is 0. The molecule has 1 heteroatoms. The van der Waals surface area contributed by atoms with Gasteiger partial charge in [-0.15, -0.1) is 0 Å². The van der Waals surface area contributed by atoms with Crippen LogP contribution in [0.1, 0.15) is 33.6 Å². The summed E-state index contributed by atoms with van der Waals surface area (Å²) in [4.78, 5) is 0. The van der Waals surface area contributed by atoms with E-state index in [0.29, 0.717) is 11.2 Å². The molecule has 3 aliphatic rings. The molecule has 3 rings (SSSR count). The smallest absolute Gasteiger partial charge is 0.0703 e. The van der Waals surface area contributed by atoms with E-state index in [-0.39, 0.29) is 0 Å². The standard InChI is InChI=1S/C10H17B/c1-6-8-4-7(5-9(6)11)10(8,2)3/h6-9H,4-5H2,1-3H3/t6-,7+,8-,9-/m0/s1. The molecular weight excluding hydrogens is 131 g/mol. The van der Waals surface area contributed by atoms with Crippen LogP contribution < -0.4 is 0 Å². The van der Waals surface area contributed by atoms with Crippen LogP contribution in [0, 0.1) is 23.2 Å². The van der Waals surface area contributed by atoms with Crippen molar-refractivity contribution in [3.63, 3.8) is 0 Å². The first kappa shape index (κ1) is 7.70. The summed E-state index contributed by atoms with van der Waals surface area (Å²) in [6.07, 6.45) is 2.71. The van der Waals surface area contributed by atoms with Crippen LogP contribution in [0.3, 0.4) is 0 Å². The summed E-state index contributed by atoms with van der Waals surface area (Å²) in [5.74, 6) is 3.09. The van der Waals surface area contributed by atoms with Crippen LogP contribution in [0.5, 0.6) is 0 Å². The quantitative estimate of drug-likeness (QED) is 0.463. The Hall–Kier alpha value is 0.0649. The summed E-state index contributed by atoms with van der Waals surface area (Å²) in [7, 11) is 6.02. The zero-order valence-electron chi connectivity index (χ0n) is 7.80. The van der Waals surface area contributed by atoms with Crippen LogP contribution >= 0.6 is 0 Å². The largest absolute Gasteiger partial charge is 0.0743 e. The number of fused-ring (bicyclic) bond motifs is 2. The average molecular weight is 148 g/mol. The van der Waals surface area contributed by atoms with Crippen LogP contribution in [0.25, 0.3) is 0 Å². The van der Waals surface area contributed by atoms with Gasteiger partial charge in [-0.2, -0.15) is 0 Å². The van der Waals surface area contributed by atoms with Crippen molar-refractivity contribution < 1.29 is 0 Å². The summed E-state index contributed by atoms with van der Waals surface area (Å²) < 4.78 is 0. The van der Waals surface area contributed by atoms with Gasteiger partial charge in [0, 0.05) is 0 Å². The summed E-state index contributed by atoms with van der Waals surface area (Å²) in [6.45, 7) is 7.15. The fourth-order valence-electron chi connectivity index (χ4n) is 3.19. The molecule has 0 spiro atoms. The van der Waals surface area contributed by atoms with Crippen LogP contribution in [-0.4, -0.2) is 7.85 Å². The Labute approximate surface area is 71.2 Å². The van der Waals surface area contributed by atoms with Gasteiger partial charge in [0.05, 0.1) is 7.85 Å². The van der Waals surface area contributed by atoms with Crippen molar-refractivity contribution in [2.24, 2.45) is 23.2 Å². The monoisotopic (exact) mass is 148 g/mol. The number of hydrogen-bond acceptors (Lipinski definition) is 0. The van der Waals surface area contributed by atoms with Crippen LogP contribution in [0.4, 0.5) is 0 Å². The molecule has 0 saturated heterocycles. The first-order chi connectivity index (χ1) is 5.03. The lowest BCUT2D eigenvalue weighted by molar-refractivity contribution is -0.0979. The third-order valence-electron chi connectivity index (χ3n) is 4.41. The van der Waals surface area contributed by atoms with Crippen molar-refractivity contribution in [2.45, 2.75) is 39.4 Å². The van der Waals surface area contributed by atoms with E-state index in [9.17, 15) is 0 Å². The van der Waals surface area contributed by atoms with Gasteiger partial charge in [0.25, 0.3) is 0 Å². The fourth-order valence-corrected chi connectivity index (χ4v) is 3.19. The molecule has 0 unspecified atom stereocenters. The van der Waals surface area contributed by atoms with Gasteiger partial charge in [-0.05, 0) is 29.6 Å². The lowest BCUT2D eigenvalue weighted by Crippen LogP contribution is -2.53. The Balaban J connectivity index is 2.17. The Morgan fingerprint density at radius 3 is 2.27 bits per heavy atom. The fraction of sp³-hybridized carbons (Fsp3) is 1.00. The Morgan fingerprint density at radius 2 is 1.91 bits per heavy atom. The molecule has 2 radical (unpaired) electrons. The van der Waals surface area contributed by atoms with Gasteiger partial charge in [-0.25, -0.2) is 0 Å². The Morgan fingerprint density at radius 1 is 1.27 bits per heavy atom. The molecule has 0 amide bonds. The van der Waals surface area contributed by atoms with E-state index < -0.39 is 0 Å². The third-order valence-corrected chi connectivity index (χ3v) is 4.41. The third kappa shape index (κ3) is 0.831. The molecule has 0 aromatic rings. The SMILES string of the molecule is [B][C@H]1C[C@H]2C[C@@H]([C@@H]1C)C2(C)C. The predicted octanol–water partition coefficient (Wildman–Crippen LogP) is 2.65. The van der Waals surface area contributed by atoms with E-state index in [1.165, 1.54) is 12.8 Å². The highest BCUT2D eigenvalue weighted by atomic mass is 14.6. The molecule has 2 bridgehead atoms. The van der Waals surface area contributed by atoms with Crippen molar-refractivity contribution in [2.75, 3.05) is 0 Å². The summed E-state index contributed by atoms with van der Waals surface area (Å²) in [5, 5.41) is 0. The molecule has 4 atom stereocenters. The lowest BCUT2D eigenvalue weighted by Gasteiger charge is -2.62. The zero-order valence-corrected chi connectivity index (χ0v) is 7.80. The molecule has 0 N–H and O–H groups in total. The van der Waals surface area contributed by atoms with E-state index in [1.807, 2.05) is 0 Å². The molecule has 0 heterocycles. The summed E-state index contributed by atoms with van der Waals surface area (Å²) in [5.41, 5.74) is 0.606. The van der Waals surface area contributed by atoms with Gasteiger partial charge >= 0.3 is 0 Å². The average Bonchev–Trinajstić information content (AvgIpc) is 1.93. The van der Waals surface area contributed by atoms with Crippen molar-refractivity contribution in [3.8, 4) is 0 Å². The maximum atomic E-state index is 6.02. The van der Waals surface area contributed by atoms with Gasteiger partial charge < -0.3 is 0 Å². The second-order valence-corrected chi connectivity index (χ2v) is 5.12. The second kappa shape index (κ2) is 2.05. The second-order valence-electron chi connectivity index (χ2n) is 5.12. The first-order valence-corrected chi connectivity index (χ1v) is 4.79. The van der Waals surface area contributed by atoms with Crippen molar-refractivity contribution in [1.82, 2.24) is 0 Å². The van der Waals surface area contributed by atoms with Gasteiger partial charge in [-0.3, -0.25) is 0 Å². The zero-order chi connectivity index (χ0) is 8.22. The number of rotatable bonds is 0. The normalized spacial score (nSPS) is 53.4. The predicted molar refractivity (Wildman–Crippen MR) is 48.7 cm³/mol. The minimum absolute atomic E-state index is 0.492. The molecule has 60 valence electrons. The van der Waals surface area contributed by atoms with Gasteiger partial charge in [-0.1, -0.05) is 33.0 Å². The topological polar surface area (TPSA) is 0 Å². The van der Waals surface area contributed by atoms with E-state index in [2.05, 4.69) is 20.8 Å². The van der Waals surface area contributed by atoms with E-state index in [4.69, 9.17) is 7.85 Å². The van der Waals surface area contributed by atoms with Crippen LogP contribution in [0.15, 0.2) is 0 Å². The van der Waals surface area contributed by atoms with Crippen molar-refractivity contribution in [1.29, 1.82) is 0 Å². The summed E-state index contributed by atoms with van der Waals surface area (Å²) in [6, 6.07) is 0. The van der Waals surface area contributed by atoms with Crippen LogP contribution in [-0.2, 0) is 0 Å². The molecule has 0 aromatic carbocycles. The van der Waals surface area contributed by atoms with E-state index in [0.717, 1.165) is 17.8 Å². The van der Waals surface area contributed by atoms with Gasteiger partial charge in [0.2, 0.25) is 0 Å². The highest BCUT2D eigenvalue weighted by Gasteiger charge is 2.54. The van der Waals surface area contributed by atoms with Gasteiger partial charge in [0.1, 0.15) is 0 Å². The first-order valence-electron chi connectivity index (χ1n) is 4.79. The van der Waals surface area contributed by atoms with E-state index >= 15 is 0 Å². The molecule has 0 nitrogen and oxygen atoms in total. The highest BCUT2D eigenvalue weighted by molar-refractivity contribution is 6.12. The molecule has 11 heavy (non-hydrogen) atoms. The Kier molecular flexibility index (Phi) is 1.44. The molecule has 0 aromatic heterocycles. The van der Waals surface area contributed by atoms with Crippen LogP contribution in [0.2, 0.25) is 5.82 Å².